The molecule has 6 heterocycles. The lowest BCUT2D eigenvalue weighted by Crippen LogP contribution is -2.42. The maximum absolute atomic E-state index is 13.2. The minimum atomic E-state index is -1.19. The number of aliphatic carboxylic acids is 2. The molecule has 4 N–H and O–H groups in total. The standard InChI is InChI=1S/C35H36IN5O6/c1-6-20-16(2)24-14-29-21(10-11-36)18(4)27-13-25-17(3)22(8-7-9-30(42)43)33(38-25)23(12-31(44)45)34-32(35(46)47)19(5)28(15-26(20)37-24)41(34)39-40(27)29/h10-11,13-15,17,22,39H,6-9,12H2,1-5H3,(H,42,43)(H,44,45)(H,46,47)/b11-10+,24-14?,25-13?,26-15?,27-13?,28-15?,29-14?,33-23?,34-23?/t17-,22-/m0/s1. The smallest absolute Gasteiger partial charge is 0.338 e. The van der Waals surface area contributed by atoms with Crippen molar-refractivity contribution in [2.45, 2.75) is 66.7 Å². The van der Waals surface area contributed by atoms with Gasteiger partial charge in [0.05, 0.1) is 51.2 Å². The van der Waals surface area contributed by atoms with Crippen molar-refractivity contribution in [2.75, 3.05) is 5.53 Å². The zero-order valence-corrected chi connectivity index (χ0v) is 29.0. The van der Waals surface area contributed by atoms with Gasteiger partial charge in [-0.05, 0) is 90.7 Å². The second-order valence-corrected chi connectivity index (χ2v) is 13.1. The molecule has 0 amide bonds. The van der Waals surface area contributed by atoms with Gasteiger partial charge in [0.25, 0.3) is 0 Å². The normalized spacial score (nSPS) is 19.6. The number of halogens is 1. The number of aromatic nitrogens is 2. The first-order chi connectivity index (χ1) is 22.4. The van der Waals surface area contributed by atoms with E-state index in [9.17, 15) is 29.7 Å². The van der Waals surface area contributed by atoms with Gasteiger partial charge in [-0.1, -0.05) is 36.4 Å². The number of aromatic carboxylic acids is 1. The number of nitrogens with zero attached hydrogens (tertiary/aromatic N) is 4. The molecule has 4 aliphatic rings. The minimum absolute atomic E-state index is 0.0261. The molecule has 0 radical (unpaired) electrons. The average Bonchev–Trinajstić information content (AvgIpc) is 3.64. The fourth-order valence-electron chi connectivity index (χ4n) is 7.34. The molecule has 0 fully saturated rings. The van der Waals surface area contributed by atoms with Crippen LogP contribution in [0.3, 0.4) is 0 Å². The summed E-state index contributed by atoms with van der Waals surface area (Å²) in [6, 6.07) is 0. The van der Waals surface area contributed by atoms with Crippen molar-refractivity contribution in [3.05, 3.63) is 71.0 Å². The SMILES string of the molecule is CCC1=C(C)C2=Cc3c(/C=C/I)c(C)c4n3Nn3c(c(C)c(C(=O)O)c3=C(CC(=O)O)C3=NC(=C4)[C@@H](C)[C@@H]3CCCC(=O)O)=CC1=N2. The third-order valence-corrected chi connectivity index (χ3v) is 10.1. The molecule has 4 aliphatic heterocycles. The average molecular weight is 750 g/mol. The molecule has 0 saturated carbocycles. The lowest BCUT2D eigenvalue weighted by Gasteiger charge is -2.20. The first-order valence-corrected chi connectivity index (χ1v) is 16.9. The molecule has 2 aromatic heterocycles. The fourth-order valence-corrected chi connectivity index (χ4v) is 7.70. The van der Waals surface area contributed by atoms with E-state index in [4.69, 9.17) is 9.98 Å². The lowest BCUT2D eigenvalue weighted by molar-refractivity contribution is -0.137. The highest BCUT2D eigenvalue weighted by Gasteiger charge is 2.38. The maximum Gasteiger partial charge on any atom is 0.338 e. The fraction of sp³-hybridized carbons (Fsp3) is 0.343. The number of carboxylic acids is 3. The van der Waals surface area contributed by atoms with Crippen LogP contribution in [0.5, 0.6) is 0 Å². The van der Waals surface area contributed by atoms with Crippen LogP contribution in [0.2, 0.25) is 0 Å². The van der Waals surface area contributed by atoms with E-state index >= 15 is 0 Å². The van der Waals surface area contributed by atoms with Gasteiger partial charge in [0.15, 0.2) is 0 Å². The Kier molecular flexibility index (Phi) is 8.49. The Morgan fingerprint density at radius 1 is 0.979 bits per heavy atom. The number of fused-ring (bicyclic) bond motifs is 2. The van der Waals surface area contributed by atoms with Gasteiger partial charge in [0.1, 0.15) is 0 Å². The van der Waals surface area contributed by atoms with Crippen molar-refractivity contribution < 1.29 is 29.7 Å². The van der Waals surface area contributed by atoms with E-state index in [-0.39, 0.29) is 34.7 Å². The topological polar surface area (TPSA) is 159 Å². The van der Waals surface area contributed by atoms with E-state index in [1.165, 1.54) is 0 Å². The summed E-state index contributed by atoms with van der Waals surface area (Å²) in [5.41, 5.74) is 12.6. The van der Waals surface area contributed by atoms with Crippen molar-refractivity contribution in [2.24, 2.45) is 21.8 Å². The highest BCUT2D eigenvalue weighted by molar-refractivity contribution is 14.1. The molecule has 0 aromatic carbocycles. The van der Waals surface area contributed by atoms with E-state index < -0.39 is 24.3 Å². The van der Waals surface area contributed by atoms with Crippen LogP contribution >= 0.6 is 22.6 Å². The molecular formula is C35H36IN5O6. The van der Waals surface area contributed by atoms with Crippen molar-refractivity contribution in [1.82, 2.24) is 9.35 Å². The van der Waals surface area contributed by atoms with Crippen LogP contribution in [0, 0.1) is 25.7 Å². The molecule has 2 atom stereocenters. The Labute approximate surface area is 284 Å². The Bertz CT molecular complexity index is 2100. The van der Waals surface area contributed by atoms with Crippen molar-refractivity contribution in [3.63, 3.8) is 0 Å². The van der Waals surface area contributed by atoms with Crippen LogP contribution < -0.4 is 16.2 Å². The van der Waals surface area contributed by atoms with Crippen LogP contribution in [0.1, 0.15) is 91.3 Å². The number of nitrogens with one attached hydrogen (secondary N) is 1. The number of hydrogen-bond acceptors (Lipinski definition) is 6. The van der Waals surface area contributed by atoms with E-state index in [1.807, 2.05) is 53.8 Å². The van der Waals surface area contributed by atoms with E-state index in [1.54, 1.807) is 11.6 Å². The van der Waals surface area contributed by atoms with Crippen molar-refractivity contribution >= 4 is 81.8 Å². The third kappa shape index (κ3) is 5.31. The highest BCUT2D eigenvalue weighted by Crippen LogP contribution is 2.40. The Morgan fingerprint density at radius 3 is 2.36 bits per heavy atom. The molecule has 6 rings (SSSR count). The summed E-state index contributed by atoms with van der Waals surface area (Å²) < 4.78 is 5.53. The van der Waals surface area contributed by atoms with Gasteiger partial charge in [0, 0.05) is 35.1 Å². The Morgan fingerprint density at radius 2 is 1.72 bits per heavy atom. The zero-order chi connectivity index (χ0) is 33.9. The van der Waals surface area contributed by atoms with Crippen molar-refractivity contribution in [3.8, 4) is 0 Å². The number of allylic oxidation sites excluding steroid dienone is 3. The van der Waals surface area contributed by atoms with E-state index in [0.717, 1.165) is 45.1 Å². The lowest BCUT2D eigenvalue weighted by atomic mass is 9.82. The summed E-state index contributed by atoms with van der Waals surface area (Å²) in [4.78, 5) is 47.3. The number of carbonyl (C=O) groups is 3. The van der Waals surface area contributed by atoms with Crippen LogP contribution in [-0.4, -0.2) is 54.0 Å². The summed E-state index contributed by atoms with van der Waals surface area (Å²) in [5, 5.41) is 31.1. The molecule has 244 valence electrons. The van der Waals surface area contributed by atoms with Crippen LogP contribution in [0.15, 0.2) is 36.6 Å². The number of rotatable bonds is 9. The number of aliphatic imine (C=N–C) groups is 2. The number of hydrogen-bond donors (Lipinski definition) is 4. The second kappa shape index (κ2) is 12.3. The minimum Gasteiger partial charge on any atom is -0.481 e. The summed E-state index contributed by atoms with van der Waals surface area (Å²) in [6.45, 7) is 9.88. The van der Waals surface area contributed by atoms with Crippen LogP contribution in [-0.2, 0) is 9.59 Å². The molecule has 0 saturated heterocycles. The van der Waals surface area contributed by atoms with E-state index in [0.29, 0.717) is 41.6 Å². The number of carboxylic acid groups (broad SMARTS) is 3. The summed E-state index contributed by atoms with van der Waals surface area (Å²) in [5.74, 6) is -3.75. The first kappa shape index (κ1) is 32.5. The molecule has 0 spiro atoms. The molecule has 6 bridgehead atoms. The second-order valence-electron chi connectivity index (χ2n) is 12.3. The summed E-state index contributed by atoms with van der Waals surface area (Å²) in [7, 11) is 0. The summed E-state index contributed by atoms with van der Waals surface area (Å²) in [6.07, 6.45) is 8.95. The Balaban J connectivity index is 1.85. The summed E-state index contributed by atoms with van der Waals surface area (Å²) >= 11 is 2.19. The molecule has 11 nitrogen and oxygen atoms in total. The maximum atomic E-state index is 13.2. The molecular weight excluding hydrogens is 713 g/mol. The van der Waals surface area contributed by atoms with Crippen molar-refractivity contribution in [1.29, 1.82) is 0 Å². The molecule has 0 unspecified atom stereocenters. The molecule has 12 heteroatoms. The van der Waals surface area contributed by atoms with Crippen LogP contribution in [0.25, 0.3) is 29.9 Å². The first-order valence-electron chi connectivity index (χ1n) is 15.6. The van der Waals surface area contributed by atoms with Gasteiger partial charge in [-0.25, -0.2) is 24.7 Å². The Hall–Kier alpha value is -4.46. The van der Waals surface area contributed by atoms with E-state index in [2.05, 4.69) is 35.0 Å². The molecule has 0 aliphatic carbocycles. The van der Waals surface area contributed by atoms with Gasteiger partial charge in [-0.15, -0.1) is 0 Å². The van der Waals surface area contributed by atoms with Gasteiger partial charge >= 0.3 is 17.9 Å². The monoisotopic (exact) mass is 749 g/mol. The van der Waals surface area contributed by atoms with Gasteiger partial charge in [-0.2, -0.15) is 0 Å². The zero-order valence-electron chi connectivity index (χ0n) is 26.8. The third-order valence-electron chi connectivity index (χ3n) is 9.72. The quantitative estimate of drug-likeness (QED) is 0.254. The highest BCUT2D eigenvalue weighted by atomic mass is 127. The molecule has 2 aromatic rings. The molecule has 47 heavy (non-hydrogen) atoms. The van der Waals surface area contributed by atoms with Crippen LogP contribution in [0.4, 0.5) is 0 Å². The predicted molar refractivity (Wildman–Crippen MR) is 190 cm³/mol. The largest absolute Gasteiger partial charge is 0.481 e. The predicted octanol–water partition coefficient (Wildman–Crippen LogP) is 5.27. The van der Waals surface area contributed by atoms with Gasteiger partial charge in [0.2, 0.25) is 0 Å². The van der Waals surface area contributed by atoms with Gasteiger partial charge < -0.3 is 15.3 Å². The van der Waals surface area contributed by atoms with Gasteiger partial charge in [-0.3, -0.25) is 14.6 Å².